The van der Waals surface area contributed by atoms with E-state index < -0.39 is 6.04 Å². The lowest BCUT2D eigenvalue weighted by Crippen LogP contribution is -2.49. The summed E-state index contributed by atoms with van der Waals surface area (Å²) in [5, 5.41) is 3.55. The molecule has 2 rings (SSSR count). The minimum absolute atomic E-state index is 0.134. The molecule has 1 N–H and O–H groups in total. The Morgan fingerprint density at radius 2 is 1.76 bits per heavy atom. The zero-order valence-corrected chi connectivity index (χ0v) is 17.8. The minimum atomic E-state index is -0.612. The SMILES string of the molecule is CCCCCNC(=O)C(C)N(Cc1ccc(Cl)cc1)C(=O)COc1ccccc1. The molecule has 0 aliphatic rings. The van der Waals surface area contributed by atoms with Crippen LogP contribution in [0.15, 0.2) is 54.6 Å². The van der Waals surface area contributed by atoms with Crippen molar-refractivity contribution in [3.05, 3.63) is 65.2 Å². The van der Waals surface area contributed by atoms with Crippen molar-refractivity contribution >= 4 is 23.4 Å². The number of nitrogens with zero attached hydrogens (tertiary/aromatic N) is 1. The van der Waals surface area contributed by atoms with Crippen molar-refractivity contribution in [1.82, 2.24) is 10.2 Å². The van der Waals surface area contributed by atoms with Crippen LogP contribution in [0.4, 0.5) is 0 Å². The van der Waals surface area contributed by atoms with Gasteiger partial charge in [0.25, 0.3) is 5.91 Å². The summed E-state index contributed by atoms with van der Waals surface area (Å²) < 4.78 is 5.60. The van der Waals surface area contributed by atoms with Crippen LogP contribution in [0.3, 0.4) is 0 Å². The van der Waals surface area contributed by atoms with Crippen LogP contribution in [0, 0.1) is 0 Å². The number of unbranched alkanes of at least 4 members (excludes halogenated alkanes) is 2. The van der Waals surface area contributed by atoms with Crippen molar-refractivity contribution in [2.75, 3.05) is 13.2 Å². The second kappa shape index (κ2) is 12.1. The average molecular weight is 417 g/mol. The van der Waals surface area contributed by atoms with Gasteiger partial charge in [0.2, 0.25) is 5.91 Å². The second-order valence-electron chi connectivity index (χ2n) is 6.92. The lowest BCUT2D eigenvalue weighted by atomic mass is 10.1. The smallest absolute Gasteiger partial charge is 0.261 e. The molecule has 5 nitrogen and oxygen atoms in total. The number of carbonyl (C=O) groups excluding carboxylic acids is 2. The molecule has 0 fully saturated rings. The van der Waals surface area contributed by atoms with Gasteiger partial charge in [0.1, 0.15) is 11.8 Å². The molecular formula is C23H29ClN2O3. The highest BCUT2D eigenvalue weighted by Gasteiger charge is 2.26. The van der Waals surface area contributed by atoms with E-state index >= 15 is 0 Å². The van der Waals surface area contributed by atoms with Crippen molar-refractivity contribution in [2.24, 2.45) is 0 Å². The molecule has 0 saturated heterocycles. The Morgan fingerprint density at radius 1 is 1.07 bits per heavy atom. The van der Waals surface area contributed by atoms with E-state index in [9.17, 15) is 9.59 Å². The molecule has 0 spiro atoms. The molecule has 2 aromatic carbocycles. The van der Waals surface area contributed by atoms with Gasteiger partial charge < -0.3 is 15.0 Å². The molecule has 1 atom stereocenters. The summed E-state index contributed by atoms with van der Waals surface area (Å²) in [5.74, 6) is 0.201. The van der Waals surface area contributed by atoms with Gasteiger partial charge in [-0.1, -0.05) is 61.7 Å². The number of ether oxygens (including phenoxy) is 1. The number of para-hydroxylation sites is 1. The summed E-state index contributed by atoms with van der Waals surface area (Å²) in [6, 6.07) is 15.8. The zero-order chi connectivity index (χ0) is 21.1. The number of carbonyl (C=O) groups is 2. The number of hydrogen-bond donors (Lipinski definition) is 1. The van der Waals surface area contributed by atoms with E-state index in [4.69, 9.17) is 16.3 Å². The number of halogens is 1. The molecule has 29 heavy (non-hydrogen) atoms. The first-order chi connectivity index (χ1) is 14.0. The van der Waals surface area contributed by atoms with Crippen LogP contribution >= 0.6 is 11.6 Å². The summed E-state index contributed by atoms with van der Waals surface area (Å²) in [7, 11) is 0. The molecule has 0 aliphatic heterocycles. The minimum Gasteiger partial charge on any atom is -0.484 e. The summed E-state index contributed by atoms with van der Waals surface area (Å²) >= 11 is 5.96. The monoisotopic (exact) mass is 416 g/mol. The Bertz CT molecular complexity index is 765. The molecule has 2 aromatic rings. The molecule has 0 bridgehead atoms. The van der Waals surface area contributed by atoms with Gasteiger partial charge in [0.05, 0.1) is 0 Å². The lowest BCUT2D eigenvalue weighted by molar-refractivity contribution is -0.142. The Hall–Kier alpha value is -2.53. The normalized spacial score (nSPS) is 11.6. The Balaban J connectivity index is 2.05. The number of nitrogens with one attached hydrogen (secondary N) is 1. The fourth-order valence-corrected chi connectivity index (χ4v) is 2.97. The number of rotatable bonds is 11. The predicted molar refractivity (Wildman–Crippen MR) is 116 cm³/mol. The van der Waals surface area contributed by atoms with Crippen LogP contribution in [0.2, 0.25) is 5.02 Å². The highest BCUT2D eigenvalue weighted by atomic mass is 35.5. The molecule has 0 radical (unpaired) electrons. The van der Waals surface area contributed by atoms with Crippen LogP contribution in [0.25, 0.3) is 0 Å². The van der Waals surface area contributed by atoms with Crippen molar-refractivity contribution in [3.63, 3.8) is 0 Å². The Kier molecular flexibility index (Phi) is 9.51. The molecule has 0 aromatic heterocycles. The molecular weight excluding hydrogens is 388 g/mol. The highest BCUT2D eigenvalue weighted by Crippen LogP contribution is 2.15. The van der Waals surface area contributed by atoms with Gasteiger partial charge in [0, 0.05) is 18.1 Å². The van der Waals surface area contributed by atoms with Gasteiger partial charge in [-0.2, -0.15) is 0 Å². The maximum Gasteiger partial charge on any atom is 0.261 e. The fraction of sp³-hybridized carbons (Fsp3) is 0.391. The number of amides is 2. The summed E-state index contributed by atoms with van der Waals surface area (Å²) in [4.78, 5) is 27.1. The van der Waals surface area contributed by atoms with Crippen LogP contribution in [0.1, 0.15) is 38.7 Å². The molecule has 156 valence electrons. The Labute approximate surface area is 178 Å². The number of hydrogen-bond acceptors (Lipinski definition) is 3. The zero-order valence-electron chi connectivity index (χ0n) is 17.1. The van der Waals surface area contributed by atoms with Gasteiger partial charge in [-0.3, -0.25) is 9.59 Å². The van der Waals surface area contributed by atoms with Crippen LogP contribution < -0.4 is 10.1 Å². The summed E-state index contributed by atoms with van der Waals surface area (Å²) in [6.07, 6.45) is 3.08. The lowest BCUT2D eigenvalue weighted by Gasteiger charge is -2.28. The van der Waals surface area contributed by atoms with E-state index in [1.54, 1.807) is 36.1 Å². The molecule has 0 aliphatic carbocycles. The van der Waals surface area contributed by atoms with E-state index in [2.05, 4.69) is 12.2 Å². The summed E-state index contributed by atoms with van der Waals surface area (Å²) in [6.45, 7) is 4.64. The van der Waals surface area contributed by atoms with Crippen LogP contribution in [-0.4, -0.2) is 35.9 Å². The molecule has 2 amide bonds. The average Bonchev–Trinajstić information content (AvgIpc) is 2.74. The van der Waals surface area contributed by atoms with E-state index in [-0.39, 0.29) is 18.4 Å². The molecule has 0 heterocycles. The first-order valence-electron chi connectivity index (χ1n) is 10.0. The first-order valence-corrected chi connectivity index (χ1v) is 10.4. The van der Waals surface area contributed by atoms with Gasteiger partial charge in [0.15, 0.2) is 6.61 Å². The van der Waals surface area contributed by atoms with Crippen LogP contribution in [0.5, 0.6) is 5.75 Å². The molecule has 0 saturated carbocycles. The standard InChI is InChI=1S/C23H29ClN2O3/c1-3-4-8-15-25-23(28)18(2)26(16-19-11-13-20(24)14-12-19)22(27)17-29-21-9-6-5-7-10-21/h5-7,9-14,18H,3-4,8,15-17H2,1-2H3,(H,25,28). The third-order valence-electron chi connectivity index (χ3n) is 4.62. The van der Waals surface area contributed by atoms with Gasteiger partial charge in [-0.25, -0.2) is 0 Å². The molecule has 1 unspecified atom stereocenters. The van der Waals surface area contributed by atoms with Gasteiger partial charge >= 0.3 is 0 Å². The molecule has 6 heteroatoms. The highest BCUT2D eigenvalue weighted by molar-refractivity contribution is 6.30. The quantitative estimate of drug-likeness (QED) is 0.551. The van der Waals surface area contributed by atoms with E-state index in [1.165, 1.54) is 0 Å². The van der Waals surface area contributed by atoms with Crippen molar-refractivity contribution in [2.45, 2.75) is 45.7 Å². The number of benzene rings is 2. The van der Waals surface area contributed by atoms with E-state index in [0.29, 0.717) is 23.9 Å². The van der Waals surface area contributed by atoms with Crippen LogP contribution in [-0.2, 0) is 16.1 Å². The third-order valence-corrected chi connectivity index (χ3v) is 4.87. The van der Waals surface area contributed by atoms with E-state index in [1.807, 2.05) is 30.3 Å². The second-order valence-corrected chi connectivity index (χ2v) is 7.36. The Morgan fingerprint density at radius 3 is 2.41 bits per heavy atom. The van der Waals surface area contributed by atoms with Gasteiger partial charge in [-0.05, 0) is 43.2 Å². The predicted octanol–water partition coefficient (Wildman–Crippen LogP) is 4.44. The van der Waals surface area contributed by atoms with Crippen molar-refractivity contribution in [1.29, 1.82) is 0 Å². The van der Waals surface area contributed by atoms with E-state index in [0.717, 1.165) is 24.8 Å². The first kappa shape index (κ1) is 22.8. The topological polar surface area (TPSA) is 58.6 Å². The maximum atomic E-state index is 12.9. The van der Waals surface area contributed by atoms with Gasteiger partial charge in [-0.15, -0.1) is 0 Å². The third kappa shape index (κ3) is 7.78. The fourth-order valence-electron chi connectivity index (χ4n) is 2.85. The van der Waals surface area contributed by atoms with Crippen molar-refractivity contribution in [3.8, 4) is 5.75 Å². The van der Waals surface area contributed by atoms with Crippen molar-refractivity contribution < 1.29 is 14.3 Å². The largest absolute Gasteiger partial charge is 0.484 e. The maximum absolute atomic E-state index is 12.9. The summed E-state index contributed by atoms with van der Waals surface area (Å²) in [5.41, 5.74) is 0.896.